The second-order valence-corrected chi connectivity index (χ2v) is 6.00. The number of methoxy groups -OCH3 is 2. The molecule has 0 aromatic heterocycles. The summed E-state index contributed by atoms with van der Waals surface area (Å²) in [6, 6.07) is 12.6. The molecule has 28 heavy (non-hydrogen) atoms. The number of ether oxygens (including phenoxy) is 2. The quantitative estimate of drug-likeness (QED) is 0.365. The first kappa shape index (κ1) is 21.2. The standard InChI is InChI=1S/C20H22O8/c1-13(2)20(27-25-18(21)14-5-9-16(23-3)10-6-14)28-26-19(22)15-7-11-17(24-4)12-8-15/h5-13,20H,1-4H3. The third-order valence-electron chi connectivity index (χ3n) is 3.63. The van der Waals surface area contributed by atoms with Crippen LogP contribution in [0.15, 0.2) is 48.5 Å². The van der Waals surface area contributed by atoms with E-state index < -0.39 is 18.2 Å². The van der Waals surface area contributed by atoms with E-state index in [1.54, 1.807) is 38.1 Å². The van der Waals surface area contributed by atoms with Crippen LogP contribution in [0.1, 0.15) is 34.6 Å². The number of benzene rings is 2. The molecule has 0 radical (unpaired) electrons. The van der Waals surface area contributed by atoms with Crippen LogP contribution in [0, 0.1) is 5.92 Å². The van der Waals surface area contributed by atoms with E-state index in [1.807, 2.05) is 0 Å². The Bertz CT molecular complexity index is 704. The maximum atomic E-state index is 12.0. The summed E-state index contributed by atoms with van der Waals surface area (Å²) >= 11 is 0. The second-order valence-electron chi connectivity index (χ2n) is 6.00. The SMILES string of the molecule is COc1ccc(C(=O)OOC(OOC(=O)c2ccc(OC)cc2)C(C)C)cc1. The van der Waals surface area contributed by atoms with Crippen molar-refractivity contribution < 1.29 is 38.6 Å². The molecule has 0 unspecified atom stereocenters. The minimum atomic E-state index is -1.11. The number of carbonyl (C=O) groups excluding carboxylic acids is 2. The summed E-state index contributed by atoms with van der Waals surface area (Å²) in [5, 5.41) is 0. The molecule has 0 N–H and O–H groups in total. The number of carbonyl (C=O) groups is 2. The van der Waals surface area contributed by atoms with E-state index in [4.69, 9.17) is 29.0 Å². The predicted octanol–water partition coefficient (Wildman–Crippen LogP) is 3.56. The van der Waals surface area contributed by atoms with Crippen LogP contribution < -0.4 is 9.47 Å². The molecule has 0 aliphatic heterocycles. The van der Waals surface area contributed by atoms with Crippen LogP contribution in [-0.4, -0.2) is 32.4 Å². The monoisotopic (exact) mass is 390 g/mol. The van der Waals surface area contributed by atoms with Crippen molar-refractivity contribution in [3.8, 4) is 11.5 Å². The molecule has 0 heterocycles. The van der Waals surface area contributed by atoms with Crippen molar-refractivity contribution in [3.63, 3.8) is 0 Å². The molecule has 2 aromatic carbocycles. The molecule has 0 aliphatic rings. The van der Waals surface area contributed by atoms with Gasteiger partial charge in [0.15, 0.2) is 0 Å². The Morgan fingerprint density at radius 2 is 1.04 bits per heavy atom. The molecule has 0 fully saturated rings. The predicted molar refractivity (Wildman–Crippen MR) is 97.6 cm³/mol. The zero-order valence-electron chi connectivity index (χ0n) is 16.0. The average molecular weight is 390 g/mol. The van der Waals surface area contributed by atoms with Crippen molar-refractivity contribution in [2.45, 2.75) is 20.1 Å². The van der Waals surface area contributed by atoms with Gasteiger partial charge in [0.1, 0.15) is 11.5 Å². The van der Waals surface area contributed by atoms with Crippen molar-refractivity contribution in [3.05, 3.63) is 59.7 Å². The van der Waals surface area contributed by atoms with E-state index in [9.17, 15) is 9.59 Å². The fourth-order valence-corrected chi connectivity index (χ4v) is 1.97. The van der Waals surface area contributed by atoms with Crippen molar-refractivity contribution in [2.24, 2.45) is 5.92 Å². The van der Waals surface area contributed by atoms with Gasteiger partial charge in [0.25, 0.3) is 0 Å². The normalized spacial score (nSPS) is 10.6. The maximum Gasteiger partial charge on any atom is 0.373 e. The number of hydrogen-bond acceptors (Lipinski definition) is 8. The van der Waals surface area contributed by atoms with Gasteiger partial charge in [-0.25, -0.2) is 9.59 Å². The van der Waals surface area contributed by atoms with Crippen LogP contribution in [0.2, 0.25) is 0 Å². The van der Waals surface area contributed by atoms with Gasteiger partial charge < -0.3 is 9.47 Å². The highest BCUT2D eigenvalue weighted by molar-refractivity contribution is 5.89. The zero-order valence-corrected chi connectivity index (χ0v) is 16.0. The lowest BCUT2D eigenvalue weighted by atomic mass is 10.2. The minimum absolute atomic E-state index is 0.263. The summed E-state index contributed by atoms with van der Waals surface area (Å²) < 4.78 is 10.0. The van der Waals surface area contributed by atoms with Crippen molar-refractivity contribution in [1.82, 2.24) is 0 Å². The van der Waals surface area contributed by atoms with E-state index in [0.29, 0.717) is 11.5 Å². The van der Waals surface area contributed by atoms with Crippen LogP contribution in [-0.2, 0) is 19.6 Å². The largest absolute Gasteiger partial charge is 0.497 e. The lowest BCUT2D eigenvalue weighted by Gasteiger charge is -2.18. The Morgan fingerprint density at radius 3 is 1.32 bits per heavy atom. The molecular weight excluding hydrogens is 368 g/mol. The molecule has 2 aromatic rings. The second kappa shape index (κ2) is 10.3. The van der Waals surface area contributed by atoms with E-state index in [1.165, 1.54) is 38.5 Å². The van der Waals surface area contributed by atoms with Gasteiger partial charge >= 0.3 is 11.9 Å². The van der Waals surface area contributed by atoms with E-state index in [2.05, 4.69) is 0 Å². The smallest absolute Gasteiger partial charge is 0.373 e. The van der Waals surface area contributed by atoms with Gasteiger partial charge in [-0.05, 0) is 48.5 Å². The van der Waals surface area contributed by atoms with Gasteiger partial charge in [0.2, 0.25) is 6.29 Å². The average Bonchev–Trinajstić information content (AvgIpc) is 2.73. The van der Waals surface area contributed by atoms with Gasteiger partial charge in [-0.2, -0.15) is 0 Å². The van der Waals surface area contributed by atoms with Gasteiger partial charge in [0.05, 0.1) is 25.3 Å². The summed E-state index contributed by atoms with van der Waals surface area (Å²) in [6.45, 7) is 3.49. The Kier molecular flexibility index (Phi) is 7.79. The number of rotatable bonds is 9. The lowest BCUT2D eigenvalue weighted by molar-refractivity contribution is -0.430. The van der Waals surface area contributed by atoms with E-state index in [-0.39, 0.29) is 17.0 Å². The highest BCUT2D eigenvalue weighted by Gasteiger charge is 2.23. The molecule has 0 spiro atoms. The lowest BCUT2D eigenvalue weighted by Crippen LogP contribution is -2.26. The Morgan fingerprint density at radius 1 is 0.679 bits per heavy atom. The topological polar surface area (TPSA) is 89.5 Å². The maximum absolute atomic E-state index is 12.0. The van der Waals surface area contributed by atoms with Crippen LogP contribution in [0.5, 0.6) is 11.5 Å². The molecule has 0 atom stereocenters. The molecule has 0 aliphatic carbocycles. The summed E-state index contributed by atoms with van der Waals surface area (Å²) in [4.78, 5) is 43.6. The first-order valence-electron chi connectivity index (χ1n) is 8.48. The zero-order chi connectivity index (χ0) is 20.5. The van der Waals surface area contributed by atoms with Gasteiger partial charge in [-0.15, -0.1) is 9.78 Å². The van der Waals surface area contributed by atoms with Gasteiger partial charge in [0, 0.05) is 5.92 Å². The van der Waals surface area contributed by atoms with Crippen LogP contribution in [0.4, 0.5) is 0 Å². The molecule has 8 heteroatoms. The molecule has 8 nitrogen and oxygen atoms in total. The van der Waals surface area contributed by atoms with Crippen LogP contribution in [0.3, 0.4) is 0 Å². The van der Waals surface area contributed by atoms with Crippen molar-refractivity contribution in [1.29, 1.82) is 0 Å². The molecule has 0 saturated carbocycles. The molecular formula is C20H22O8. The molecule has 0 amide bonds. The summed E-state index contributed by atoms with van der Waals surface area (Å²) in [7, 11) is 3.04. The van der Waals surface area contributed by atoms with Crippen LogP contribution >= 0.6 is 0 Å². The highest BCUT2D eigenvalue weighted by atomic mass is 17.3. The molecule has 2 rings (SSSR count). The number of hydrogen-bond donors (Lipinski definition) is 0. The Hall–Kier alpha value is -3.10. The van der Waals surface area contributed by atoms with E-state index in [0.717, 1.165) is 0 Å². The van der Waals surface area contributed by atoms with E-state index >= 15 is 0 Å². The van der Waals surface area contributed by atoms with Gasteiger partial charge in [-0.3, -0.25) is 9.78 Å². The first-order chi connectivity index (χ1) is 13.4. The Labute approximate surface area is 162 Å². The molecule has 0 saturated heterocycles. The first-order valence-corrected chi connectivity index (χ1v) is 8.48. The van der Waals surface area contributed by atoms with Crippen molar-refractivity contribution in [2.75, 3.05) is 14.2 Å². The molecule has 150 valence electrons. The minimum Gasteiger partial charge on any atom is -0.497 e. The highest BCUT2D eigenvalue weighted by Crippen LogP contribution is 2.16. The summed E-state index contributed by atoms with van der Waals surface area (Å²) in [6.07, 6.45) is -1.11. The third-order valence-corrected chi connectivity index (χ3v) is 3.63. The van der Waals surface area contributed by atoms with Crippen LogP contribution in [0.25, 0.3) is 0 Å². The fraction of sp³-hybridized carbons (Fsp3) is 0.300. The Balaban J connectivity index is 1.87. The van der Waals surface area contributed by atoms with Crippen molar-refractivity contribution >= 4 is 11.9 Å². The molecule has 0 bridgehead atoms. The third kappa shape index (κ3) is 5.97. The fourth-order valence-electron chi connectivity index (χ4n) is 1.97. The summed E-state index contributed by atoms with van der Waals surface area (Å²) in [5.41, 5.74) is 0.525. The van der Waals surface area contributed by atoms with Gasteiger partial charge in [-0.1, -0.05) is 13.8 Å². The summed E-state index contributed by atoms with van der Waals surface area (Å²) in [5.74, 6) is -0.512.